The Balaban J connectivity index is 1.54. The van der Waals surface area contributed by atoms with Crippen molar-refractivity contribution in [2.45, 2.75) is 6.92 Å². The van der Waals surface area contributed by atoms with Crippen LogP contribution >= 0.6 is 15.9 Å². The highest BCUT2D eigenvalue weighted by Gasteiger charge is 2.15. The Kier molecular flexibility index (Phi) is 6.28. The molecule has 1 heterocycles. The van der Waals surface area contributed by atoms with Gasteiger partial charge in [-0.1, -0.05) is 28.1 Å². The summed E-state index contributed by atoms with van der Waals surface area (Å²) in [5, 5.41) is 0.352. The zero-order chi connectivity index (χ0) is 22.7. The van der Waals surface area contributed by atoms with Gasteiger partial charge in [-0.05, 0) is 55.5 Å². The van der Waals surface area contributed by atoms with Crippen molar-refractivity contribution in [3.63, 3.8) is 0 Å². The Hall–Kier alpha value is -3.58. The summed E-state index contributed by atoms with van der Waals surface area (Å²) in [6.45, 7) is 1.53. The number of rotatable bonds is 7. The van der Waals surface area contributed by atoms with E-state index in [2.05, 4.69) is 15.9 Å². The van der Waals surface area contributed by atoms with Gasteiger partial charge in [0.05, 0.1) is 12.5 Å². The molecule has 0 saturated heterocycles. The van der Waals surface area contributed by atoms with E-state index in [9.17, 15) is 9.59 Å². The first-order valence-electron chi connectivity index (χ1n) is 9.75. The normalized spacial score (nSPS) is 10.7. The average Bonchev–Trinajstić information content (AvgIpc) is 2.81. The summed E-state index contributed by atoms with van der Waals surface area (Å²) < 4.78 is 23.2. The number of benzene rings is 3. The molecule has 4 aromatic rings. The van der Waals surface area contributed by atoms with E-state index in [-0.39, 0.29) is 23.6 Å². The highest BCUT2D eigenvalue weighted by atomic mass is 79.9. The van der Waals surface area contributed by atoms with Crippen LogP contribution in [0.15, 0.2) is 80.4 Å². The molecular weight excluding hydrogens is 476 g/mol. The topological polar surface area (TPSA) is 75.0 Å². The van der Waals surface area contributed by atoms with Crippen molar-refractivity contribution in [3.05, 3.63) is 92.7 Å². The lowest BCUT2D eigenvalue weighted by Crippen LogP contribution is -2.12. The van der Waals surface area contributed by atoms with E-state index in [0.717, 1.165) is 4.47 Å². The molecule has 162 valence electrons. The maximum atomic E-state index is 13.0. The number of ketones is 1. The van der Waals surface area contributed by atoms with Crippen LogP contribution in [-0.2, 0) is 0 Å². The molecule has 0 atom stereocenters. The van der Waals surface area contributed by atoms with Crippen molar-refractivity contribution < 1.29 is 23.4 Å². The molecule has 0 aliphatic heterocycles. The number of carbonyl (C=O) groups excluding carboxylic acids is 1. The molecule has 6 nitrogen and oxygen atoms in total. The fourth-order valence-corrected chi connectivity index (χ4v) is 3.37. The van der Waals surface area contributed by atoms with E-state index in [4.69, 9.17) is 18.6 Å². The predicted molar refractivity (Wildman–Crippen MR) is 124 cm³/mol. The zero-order valence-electron chi connectivity index (χ0n) is 17.4. The van der Waals surface area contributed by atoms with Crippen LogP contribution in [0.4, 0.5) is 0 Å². The minimum absolute atomic E-state index is 0.113. The number of hydrogen-bond acceptors (Lipinski definition) is 6. The molecule has 32 heavy (non-hydrogen) atoms. The Labute approximate surface area is 192 Å². The number of methoxy groups -OCH3 is 1. The zero-order valence-corrected chi connectivity index (χ0v) is 19.0. The lowest BCUT2D eigenvalue weighted by atomic mass is 10.1. The van der Waals surface area contributed by atoms with Gasteiger partial charge in [0, 0.05) is 16.1 Å². The van der Waals surface area contributed by atoms with Crippen molar-refractivity contribution in [2.24, 2.45) is 0 Å². The third kappa shape index (κ3) is 4.68. The minimum atomic E-state index is -0.294. The van der Waals surface area contributed by atoms with Crippen LogP contribution in [-0.4, -0.2) is 19.5 Å². The third-order valence-corrected chi connectivity index (χ3v) is 5.33. The van der Waals surface area contributed by atoms with Crippen molar-refractivity contribution in [1.82, 2.24) is 0 Å². The van der Waals surface area contributed by atoms with E-state index in [1.54, 1.807) is 80.8 Å². The smallest absolute Gasteiger partial charge is 0.235 e. The van der Waals surface area contributed by atoms with Gasteiger partial charge in [0.2, 0.25) is 11.2 Å². The average molecular weight is 495 g/mol. The molecule has 0 spiro atoms. The second-order valence-electron chi connectivity index (χ2n) is 6.97. The Bertz CT molecular complexity index is 1320. The molecule has 0 amide bonds. The number of carbonyl (C=O) groups is 1. The van der Waals surface area contributed by atoms with Crippen LogP contribution in [0.2, 0.25) is 0 Å². The lowest BCUT2D eigenvalue weighted by molar-refractivity contribution is 0.0921. The second-order valence-corrected chi connectivity index (χ2v) is 7.89. The highest BCUT2D eigenvalue weighted by Crippen LogP contribution is 2.28. The Morgan fingerprint density at radius 3 is 2.28 bits per heavy atom. The quantitative estimate of drug-likeness (QED) is 0.296. The molecule has 0 bridgehead atoms. The number of aryl methyl sites for hydroxylation is 1. The van der Waals surface area contributed by atoms with Gasteiger partial charge in [0.1, 0.15) is 28.6 Å². The van der Waals surface area contributed by atoms with Gasteiger partial charge in [-0.3, -0.25) is 9.59 Å². The molecule has 0 aliphatic carbocycles. The SMILES string of the molecule is COc1ccc(Oc2c(C)oc3cc(OCC(=O)c4ccc(Br)cc4)ccc3c2=O)cc1. The van der Waals surface area contributed by atoms with Crippen LogP contribution in [0, 0.1) is 6.92 Å². The van der Waals surface area contributed by atoms with E-state index < -0.39 is 0 Å². The monoisotopic (exact) mass is 494 g/mol. The molecule has 0 aliphatic rings. The minimum Gasteiger partial charge on any atom is -0.497 e. The largest absolute Gasteiger partial charge is 0.497 e. The fraction of sp³-hybridized carbons (Fsp3) is 0.120. The Morgan fingerprint density at radius 2 is 1.59 bits per heavy atom. The van der Waals surface area contributed by atoms with Crippen LogP contribution in [0.1, 0.15) is 16.1 Å². The maximum absolute atomic E-state index is 13.0. The summed E-state index contributed by atoms with van der Waals surface area (Å²) >= 11 is 3.34. The molecule has 3 aromatic carbocycles. The molecule has 0 unspecified atom stereocenters. The van der Waals surface area contributed by atoms with Crippen molar-refractivity contribution in [1.29, 1.82) is 0 Å². The predicted octanol–water partition coefficient (Wildman–Crippen LogP) is 5.93. The molecule has 0 N–H and O–H groups in total. The molecule has 0 saturated carbocycles. The number of Topliss-reactive ketones (excluding diaryl/α,β-unsaturated/α-hetero) is 1. The first-order chi connectivity index (χ1) is 15.4. The van der Waals surface area contributed by atoms with Gasteiger partial charge in [0.25, 0.3) is 0 Å². The lowest BCUT2D eigenvalue weighted by Gasteiger charge is -2.10. The van der Waals surface area contributed by atoms with Gasteiger partial charge in [-0.2, -0.15) is 0 Å². The second kappa shape index (κ2) is 9.28. The molecule has 0 fully saturated rings. The third-order valence-electron chi connectivity index (χ3n) is 4.80. The van der Waals surface area contributed by atoms with Gasteiger partial charge in [-0.25, -0.2) is 0 Å². The summed E-state index contributed by atoms with van der Waals surface area (Å²) in [5.41, 5.74) is 0.608. The summed E-state index contributed by atoms with van der Waals surface area (Å²) in [4.78, 5) is 25.3. The molecule has 4 rings (SSSR count). The highest BCUT2D eigenvalue weighted by molar-refractivity contribution is 9.10. The molecule has 0 radical (unpaired) electrons. The summed E-state index contributed by atoms with van der Waals surface area (Å²) in [5.74, 6) is 1.90. The first-order valence-corrected chi connectivity index (χ1v) is 10.5. The van der Waals surface area contributed by atoms with E-state index >= 15 is 0 Å². The van der Waals surface area contributed by atoms with E-state index in [0.29, 0.717) is 39.5 Å². The van der Waals surface area contributed by atoms with E-state index in [1.807, 2.05) is 0 Å². The van der Waals surface area contributed by atoms with Gasteiger partial charge in [-0.15, -0.1) is 0 Å². The van der Waals surface area contributed by atoms with Crippen LogP contribution < -0.4 is 19.6 Å². The summed E-state index contributed by atoms with van der Waals surface area (Å²) in [6, 6.07) is 18.8. The maximum Gasteiger partial charge on any atom is 0.235 e. The summed E-state index contributed by atoms with van der Waals surface area (Å²) in [7, 11) is 1.58. The van der Waals surface area contributed by atoms with Crippen molar-refractivity contribution >= 4 is 32.7 Å². The van der Waals surface area contributed by atoms with Gasteiger partial charge >= 0.3 is 0 Å². The van der Waals surface area contributed by atoms with Crippen molar-refractivity contribution in [2.75, 3.05) is 13.7 Å². The van der Waals surface area contributed by atoms with Gasteiger partial charge in [0.15, 0.2) is 12.4 Å². The van der Waals surface area contributed by atoms with Gasteiger partial charge < -0.3 is 18.6 Å². The number of halogens is 1. The van der Waals surface area contributed by atoms with E-state index in [1.165, 1.54) is 0 Å². The van der Waals surface area contributed by atoms with Crippen LogP contribution in [0.25, 0.3) is 11.0 Å². The Morgan fingerprint density at radius 1 is 0.938 bits per heavy atom. The molecular formula is C25H19BrO6. The summed E-state index contributed by atoms with van der Waals surface area (Å²) in [6.07, 6.45) is 0. The standard InChI is InChI=1S/C25H19BrO6/c1-15-25(32-19-9-7-18(29-2)8-10-19)24(28)21-12-11-20(13-23(21)31-15)30-14-22(27)16-3-5-17(26)6-4-16/h3-13H,14H2,1-2H3. The first kappa shape index (κ1) is 21.6. The molecule has 1 aromatic heterocycles. The van der Waals surface area contributed by atoms with Crippen LogP contribution in [0.5, 0.6) is 23.0 Å². The van der Waals surface area contributed by atoms with Crippen molar-refractivity contribution in [3.8, 4) is 23.0 Å². The fourth-order valence-electron chi connectivity index (χ4n) is 3.11. The van der Waals surface area contributed by atoms with Crippen LogP contribution in [0.3, 0.4) is 0 Å². The molecule has 7 heteroatoms. The number of hydrogen-bond donors (Lipinski definition) is 0. The number of fused-ring (bicyclic) bond motifs is 1. The number of ether oxygens (including phenoxy) is 3.